The van der Waals surface area contributed by atoms with Crippen LogP contribution in [0.2, 0.25) is 0 Å². The first-order valence-electron chi connectivity index (χ1n) is 4.02. The number of halogens is 2. The van der Waals surface area contributed by atoms with E-state index in [1.165, 1.54) is 12.1 Å². The lowest BCUT2D eigenvalue weighted by atomic mass is 10.2. The van der Waals surface area contributed by atoms with Crippen molar-refractivity contribution < 1.29 is 9.18 Å². The van der Waals surface area contributed by atoms with Crippen LogP contribution in [0.4, 0.5) is 4.39 Å². The van der Waals surface area contributed by atoms with Crippen molar-refractivity contribution in [2.24, 2.45) is 5.73 Å². The first kappa shape index (κ1) is 11.1. The number of nitrogens with one attached hydrogen (secondary N) is 1. The number of benzene rings is 1. The van der Waals surface area contributed by atoms with Crippen LogP contribution in [0.3, 0.4) is 0 Å². The van der Waals surface area contributed by atoms with Crippen LogP contribution in [0.1, 0.15) is 5.56 Å². The van der Waals surface area contributed by atoms with E-state index < -0.39 is 5.91 Å². The molecule has 0 atom stereocenters. The molecule has 1 amide bonds. The van der Waals surface area contributed by atoms with Gasteiger partial charge in [0.1, 0.15) is 5.82 Å². The highest BCUT2D eigenvalue weighted by molar-refractivity contribution is 9.10. The van der Waals surface area contributed by atoms with Gasteiger partial charge in [0.15, 0.2) is 0 Å². The summed E-state index contributed by atoms with van der Waals surface area (Å²) in [5.74, 6) is -0.709. The smallest absolute Gasteiger partial charge is 0.231 e. The zero-order chi connectivity index (χ0) is 10.6. The highest BCUT2D eigenvalue weighted by atomic mass is 79.9. The lowest BCUT2D eigenvalue weighted by molar-refractivity contribution is -0.117. The Labute approximate surface area is 89.6 Å². The van der Waals surface area contributed by atoms with Gasteiger partial charge < -0.3 is 11.1 Å². The van der Waals surface area contributed by atoms with Gasteiger partial charge in [0.05, 0.1) is 6.54 Å². The maximum absolute atomic E-state index is 12.7. The van der Waals surface area contributed by atoms with E-state index in [0.29, 0.717) is 11.0 Å². The molecule has 0 aliphatic heterocycles. The summed E-state index contributed by atoms with van der Waals surface area (Å²) < 4.78 is 13.3. The van der Waals surface area contributed by atoms with Crippen LogP contribution in [-0.4, -0.2) is 12.5 Å². The molecule has 0 saturated heterocycles. The van der Waals surface area contributed by atoms with Crippen molar-refractivity contribution in [3.05, 3.63) is 34.1 Å². The van der Waals surface area contributed by atoms with Gasteiger partial charge in [0, 0.05) is 11.0 Å². The van der Waals surface area contributed by atoms with Crippen LogP contribution in [0.25, 0.3) is 0 Å². The van der Waals surface area contributed by atoms with E-state index in [9.17, 15) is 9.18 Å². The molecule has 14 heavy (non-hydrogen) atoms. The fraction of sp³-hybridized carbons (Fsp3) is 0.222. The molecule has 3 nitrogen and oxygen atoms in total. The minimum absolute atomic E-state index is 0.115. The number of hydrogen-bond acceptors (Lipinski definition) is 2. The van der Waals surface area contributed by atoms with Gasteiger partial charge in [-0.1, -0.05) is 22.0 Å². The summed E-state index contributed by atoms with van der Waals surface area (Å²) in [6.45, 7) is 0.591. The molecule has 1 rings (SSSR count). The van der Waals surface area contributed by atoms with Crippen molar-refractivity contribution in [3.63, 3.8) is 0 Å². The number of hydrogen-bond donors (Lipinski definition) is 2. The number of rotatable bonds is 4. The minimum Gasteiger partial charge on any atom is -0.369 e. The van der Waals surface area contributed by atoms with Gasteiger partial charge in [-0.2, -0.15) is 0 Å². The second kappa shape index (κ2) is 5.07. The van der Waals surface area contributed by atoms with Gasteiger partial charge in [-0.15, -0.1) is 0 Å². The Hall–Kier alpha value is -0.940. The first-order chi connectivity index (χ1) is 6.59. The molecule has 76 valence electrons. The van der Waals surface area contributed by atoms with Gasteiger partial charge in [-0.3, -0.25) is 4.79 Å². The highest BCUT2D eigenvalue weighted by Crippen LogP contribution is 2.17. The van der Waals surface area contributed by atoms with Crippen molar-refractivity contribution in [3.8, 4) is 0 Å². The third-order valence-corrected chi connectivity index (χ3v) is 2.37. The second-order valence-electron chi connectivity index (χ2n) is 2.81. The number of amides is 1. The molecule has 0 aromatic heterocycles. The summed E-state index contributed by atoms with van der Waals surface area (Å²) in [4.78, 5) is 10.4. The van der Waals surface area contributed by atoms with Crippen molar-refractivity contribution in [1.29, 1.82) is 0 Å². The van der Waals surface area contributed by atoms with E-state index >= 15 is 0 Å². The normalized spacial score (nSPS) is 10.1. The fourth-order valence-electron chi connectivity index (χ4n) is 0.985. The Balaban J connectivity index is 2.55. The van der Waals surface area contributed by atoms with Crippen LogP contribution in [-0.2, 0) is 11.3 Å². The molecule has 5 heteroatoms. The van der Waals surface area contributed by atoms with Gasteiger partial charge in [0.2, 0.25) is 5.91 Å². The minimum atomic E-state index is -0.414. The third kappa shape index (κ3) is 3.43. The van der Waals surface area contributed by atoms with Crippen LogP contribution >= 0.6 is 15.9 Å². The third-order valence-electron chi connectivity index (χ3n) is 1.63. The fourth-order valence-corrected chi connectivity index (χ4v) is 1.48. The monoisotopic (exact) mass is 260 g/mol. The summed E-state index contributed by atoms with van der Waals surface area (Å²) in [6.07, 6.45) is 0. The van der Waals surface area contributed by atoms with E-state index in [0.717, 1.165) is 5.56 Å². The topological polar surface area (TPSA) is 55.1 Å². The zero-order valence-electron chi connectivity index (χ0n) is 7.39. The number of carbonyl (C=O) groups is 1. The van der Waals surface area contributed by atoms with Gasteiger partial charge >= 0.3 is 0 Å². The van der Waals surface area contributed by atoms with Crippen LogP contribution < -0.4 is 11.1 Å². The van der Waals surface area contributed by atoms with E-state index in [-0.39, 0.29) is 12.4 Å². The summed E-state index contributed by atoms with van der Waals surface area (Å²) in [7, 11) is 0. The molecule has 0 unspecified atom stereocenters. The Morgan fingerprint density at radius 1 is 1.57 bits per heavy atom. The van der Waals surface area contributed by atoms with E-state index in [1.807, 2.05) is 0 Å². The molecular weight excluding hydrogens is 251 g/mol. The molecule has 1 aromatic carbocycles. The lowest BCUT2D eigenvalue weighted by Gasteiger charge is -2.04. The van der Waals surface area contributed by atoms with Crippen molar-refractivity contribution in [1.82, 2.24) is 5.32 Å². The molecule has 0 aliphatic rings. The Morgan fingerprint density at radius 3 is 2.86 bits per heavy atom. The van der Waals surface area contributed by atoms with E-state index in [1.54, 1.807) is 6.07 Å². The quantitative estimate of drug-likeness (QED) is 0.854. The maximum Gasteiger partial charge on any atom is 0.231 e. The Morgan fingerprint density at radius 2 is 2.29 bits per heavy atom. The van der Waals surface area contributed by atoms with E-state index in [4.69, 9.17) is 5.73 Å². The molecule has 0 spiro atoms. The summed E-state index contributed by atoms with van der Waals surface area (Å²) in [6, 6.07) is 4.39. The molecular formula is C9H10BrFN2O. The van der Waals surface area contributed by atoms with E-state index in [2.05, 4.69) is 21.2 Å². The first-order valence-corrected chi connectivity index (χ1v) is 4.82. The van der Waals surface area contributed by atoms with Crippen molar-refractivity contribution in [2.45, 2.75) is 6.54 Å². The van der Waals surface area contributed by atoms with Gasteiger partial charge in [-0.25, -0.2) is 4.39 Å². The predicted molar refractivity (Wildman–Crippen MR) is 55.0 cm³/mol. The Kier molecular flexibility index (Phi) is 4.03. The molecule has 0 saturated carbocycles. The van der Waals surface area contributed by atoms with Crippen LogP contribution in [0, 0.1) is 5.82 Å². The molecule has 0 aliphatic carbocycles. The number of nitrogens with two attached hydrogens (primary N) is 1. The molecule has 0 fully saturated rings. The standard InChI is InChI=1S/C9H10BrFN2O/c10-8-3-7(11)2-1-6(8)4-13-5-9(12)14/h1-3,13H,4-5H2,(H2,12,14). The lowest BCUT2D eigenvalue weighted by Crippen LogP contribution is -2.28. The Bertz CT molecular complexity index is 344. The number of primary amides is 1. The highest BCUT2D eigenvalue weighted by Gasteiger charge is 2.01. The average molecular weight is 261 g/mol. The predicted octanol–water partition coefficient (Wildman–Crippen LogP) is 1.16. The van der Waals surface area contributed by atoms with Gasteiger partial charge in [-0.05, 0) is 17.7 Å². The van der Waals surface area contributed by atoms with Crippen LogP contribution in [0.15, 0.2) is 22.7 Å². The molecule has 0 bridgehead atoms. The molecule has 3 N–H and O–H groups in total. The average Bonchev–Trinajstić information content (AvgIpc) is 2.08. The largest absolute Gasteiger partial charge is 0.369 e. The molecule has 0 radical (unpaired) electrons. The van der Waals surface area contributed by atoms with Gasteiger partial charge in [0.25, 0.3) is 0 Å². The summed E-state index contributed by atoms with van der Waals surface area (Å²) >= 11 is 3.22. The van der Waals surface area contributed by atoms with Crippen molar-refractivity contribution in [2.75, 3.05) is 6.54 Å². The summed E-state index contributed by atoms with van der Waals surface area (Å²) in [5, 5.41) is 2.83. The number of carbonyl (C=O) groups excluding carboxylic acids is 1. The summed E-state index contributed by atoms with van der Waals surface area (Å²) in [5.41, 5.74) is 5.83. The molecule has 0 heterocycles. The SMILES string of the molecule is NC(=O)CNCc1ccc(F)cc1Br. The maximum atomic E-state index is 12.7. The van der Waals surface area contributed by atoms with Crippen LogP contribution in [0.5, 0.6) is 0 Å². The van der Waals surface area contributed by atoms with Crippen molar-refractivity contribution >= 4 is 21.8 Å². The molecule has 1 aromatic rings. The second-order valence-corrected chi connectivity index (χ2v) is 3.66. The zero-order valence-corrected chi connectivity index (χ0v) is 8.97.